The molecule has 1 aliphatic rings. The number of ether oxygens (including phenoxy) is 6. The molecule has 0 aliphatic carbocycles. The number of aryl methyl sites for hydroxylation is 1. The van der Waals surface area contributed by atoms with Gasteiger partial charge in [0.05, 0.1) is 12.2 Å². The van der Waals surface area contributed by atoms with E-state index < -0.39 is 81.6 Å². The summed E-state index contributed by atoms with van der Waals surface area (Å²) in [6.07, 6.45) is -5.21. The molecule has 0 saturated carbocycles. The first-order valence-corrected chi connectivity index (χ1v) is 12.5. The third-order valence-electron chi connectivity index (χ3n) is 4.11. The minimum absolute atomic E-state index is 0.124. The summed E-state index contributed by atoms with van der Waals surface area (Å²) in [4.78, 5) is 48.6. The molecule has 1 aliphatic heterocycles. The van der Waals surface area contributed by atoms with Crippen molar-refractivity contribution < 1.29 is 56.0 Å². The molecule has 0 bridgehead atoms. The quantitative estimate of drug-likeness (QED) is 0.227. The van der Waals surface area contributed by atoms with Gasteiger partial charge in [-0.2, -0.15) is 0 Å². The minimum atomic E-state index is -4.32. The molecule has 0 fully saturated rings. The maximum Gasteiger partial charge on any atom is 0.510 e. The molecule has 0 spiro atoms. The number of rotatable bonds is 12. The molecule has 2 heterocycles. The highest BCUT2D eigenvalue weighted by Gasteiger charge is 2.34. The number of aromatic nitrogens is 2. The molecule has 0 amide bonds. The van der Waals surface area contributed by atoms with E-state index in [-0.39, 0.29) is 5.56 Å². The monoisotopic (exact) mass is 554 g/mol. The predicted molar refractivity (Wildman–Crippen MR) is 120 cm³/mol. The second kappa shape index (κ2) is 13.5. The molecule has 2 rings (SSSR count). The Balaban J connectivity index is 2.02. The van der Waals surface area contributed by atoms with E-state index in [9.17, 15) is 28.1 Å². The van der Waals surface area contributed by atoms with Crippen LogP contribution in [0, 0.1) is 6.92 Å². The van der Waals surface area contributed by atoms with E-state index in [4.69, 9.17) is 28.0 Å². The Labute approximate surface area is 209 Å². The number of halogens is 1. The summed E-state index contributed by atoms with van der Waals surface area (Å²) in [5.74, 6) is -0.935. The van der Waals surface area contributed by atoms with Crippen molar-refractivity contribution in [1.82, 2.24) is 9.55 Å². The van der Waals surface area contributed by atoms with Gasteiger partial charge in [-0.25, -0.2) is 18.8 Å². The van der Waals surface area contributed by atoms with E-state index >= 15 is 0 Å². The molecule has 1 aromatic rings. The van der Waals surface area contributed by atoms with Gasteiger partial charge in [-0.05, 0) is 34.6 Å². The smallest absolute Gasteiger partial charge is 0.432 e. The number of nitrogens with one attached hydrogen (secondary N) is 1. The van der Waals surface area contributed by atoms with Crippen LogP contribution in [-0.4, -0.2) is 60.3 Å². The van der Waals surface area contributed by atoms with Crippen molar-refractivity contribution in [3.8, 4) is 0 Å². The van der Waals surface area contributed by atoms with E-state index in [0.29, 0.717) is 0 Å². The van der Waals surface area contributed by atoms with Crippen LogP contribution < -0.4 is 11.2 Å². The summed E-state index contributed by atoms with van der Waals surface area (Å²) in [6.45, 7) is 5.90. The zero-order chi connectivity index (χ0) is 27.8. The first-order chi connectivity index (χ1) is 17.3. The van der Waals surface area contributed by atoms with Gasteiger partial charge in [0.2, 0.25) is 13.6 Å². The number of carbonyl (C=O) groups is 2. The normalized spacial score (nSPS) is 17.6. The SMILES string of the molecule is Cc1cn([C@@H]2O[C@H](OCP(=O)(OCOC(=O)OC(C)C)OCOC(=O)OC(C)C)C=C2F)c(=O)[nH]c1=O. The van der Waals surface area contributed by atoms with Crippen LogP contribution in [-0.2, 0) is 42.0 Å². The summed E-state index contributed by atoms with van der Waals surface area (Å²) < 4.78 is 67.6. The van der Waals surface area contributed by atoms with Crippen molar-refractivity contribution in [2.45, 2.75) is 59.3 Å². The molecular formula is C20H28FN2O13P. The van der Waals surface area contributed by atoms with Gasteiger partial charge in [-0.3, -0.25) is 28.0 Å². The first kappa shape index (κ1) is 30.2. The minimum Gasteiger partial charge on any atom is -0.432 e. The average molecular weight is 554 g/mol. The van der Waals surface area contributed by atoms with Gasteiger partial charge >= 0.3 is 25.6 Å². The fourth-order valence-corrected chi connectivity index (χ4v) is 3.51. The third kappa shape index (κ3) is 9.74. The van der Waals surface area contributed by atoms with Crippen molar-refractivity contribution >= 4 is 19.9 Å². The number of H-pyrrole nitrogens is 1. The van der Waals surface area contributed by atoms with Gasteiger partial charge in [0.25, 0.3) is 5.56 Å². The van der Waals surface area contributed by atoms with E-state index in [0.717, 1.165) is 16.8 Å². The molecule has 1 aromatic heterocycles. The van der Waals surface area contributed by atoms with Gasteiger partial charge in [-0.15, -0.1) is 0 Å². The van der Waals surface area contributed by atoms with Crippen LogP contribution in [0.3, 0.4) is 0 Å². The maximum atomic E-state index is 14.5. The van der Waals surface area contributed by atoms with Crippen molar-refractivity contribution in [3.63, 3.8) is 0 Å². The van der Waals surface area contributed by atoms with E-state index in [1.165, 1.54) is 6.92 Å². The molecule has 17 heteroatoms. The van der Waals surface area contributed by atoms with E-state index in [1.807, 2.05) is 4.98 Å². The largest absolute Gasteiger partial charge is 0.510 e. The Morgan fingerprint density at radius 3 is 2.14 bits per heavy atom. The number of hydrogen-bond donors (Lipinski definition) is 1. The molecule has 0 radical (unpaired) electrons. The number of carbonyl (C=O) groups excluding carboxylic acids is 2. The van der Waals surface area contributed by atoms with Crippen molar-refractivity contribution in [2.24, 2.45) is 0 Å². The predicted octanol–water partition coefficient (Wildman–Crippen LogP) is 2.79. The van der Waals surface area contributed by atoms with Crippen LogP contribution in [0.4, 0.5) is 14.0 Å². The first-order valence-electron chi connectivity index (χ1n) is 10.8. The van der Waals surface area contributed by atoms with E-state index in [2.05, 4.69) is 9.47 Å². The van der Waals surface area contributed by atoms with Crippen LogP contribution in [0.25, 0.3) is 0 Å². The zero-order valence-electron chi connectivity index (χ0n) is 20.7. The fourth-order valence-electron chi connectivity index (χ4n) is 2.53. The highest BCUT2D eigenvalue weighted by Crippen LogP contribution is 2.49. The van der Waals surface area contributed by atoms with Crippen LogP contribution in [0.2, 0.25) is 0 Å². The summed E-state index contributed by atoms with van der Waals surface area (Å²) in [5, 5.41) is 0. The molecule has 208 valence electrons. The summed E-state index contributed by atoms with van der Waals surface area (Å²) in [6, 6.07) is 0. The van der Waals surface area contributed by atoms with Gasteiger partial charge in [0.15, 0.2) is 24.7 Å². The Morgan fingerprint density at radius 1 is 1.08 bits per heavy atom. The van der Waals surface area contributed by atoms with Crippen LogP contribution in [0.15, 0.2) is 27.7 Å². The summed E-state index contributed by atoms with van der Waals surface area (Å²) >= 11 is 0. The van der Waals surface area contributed by atoms with Crippen molar-refractivity contribution in [1.29, 1.82) is 0 Å². The molecule has 0 unspecified atom stereocenters. The topological polar surface area (TPSA) is 180 Å². The molecule has 0 aromatic carbocycles. The second-order valence-electron chi connectivity index (χ2n) is 7.91. The number of nitrogens with zero attached hydrogens (tertiary/aromatic N) is 1. The lowest BCUT2D eigenvalue weighted by Crippen LogP contribution is -2.34. The van der Waals surface area contributed by atoms with Gasteiger partial charge < -0.3 is 28.4 Å². The number of hydrogen-bond acceptors (Lipinski definition) is 13. The lowest BCUT2D eigenvalue weighted by molar-refractivity contribution is -0.134. The second-order valence-corrected chi connectivity index (χ2v) is 9.91. The molecule has 2 atom stereocenters. The molecule has 1 N–H and O–H groups in total. The van der Waals surface area contributed by atoms with Gasteiger partial charge in [0, 0.05) is 17.8 Å². The fraction of sp³-hybridized carbons (Fsp3) is 0.600. The molecule has 0 saturated heterocycles. The zero-order valence-corrected chi connectivity index (χ0v) is 21.6. The summed E-state index contributed by atoms with van der Waals surface area (Å²) in [5.41, 5.74) is -1.46. The Kier molecular flexibility index (Phi) is 11.0. The number of aromatic amines is 1. The van der Waals surface area contributed by atoms with Gasteiger partial charge in [-0.1, -0.05) is 0 Å². The summed E-state index contributed by atoms with van der Waals surface area (Å²) in [7, 11) is -4.32. The lowest BCUT2D eigenvalue weighted by atomic mass is 10.3. The lowest BCUT2D eigenvalue weighted by Gasteiger charge is -2.21. The highest BCUT2D eigenvalue weighted by atomic mass is 31.2. The van der Waals surface area contributed by atoms with Crippen molar-refractivity contribution in [2.75, 3.05) is 19.9 Å². The van der Waals surface area contributed by atoms with E-state index in [1.54, 1.807) is 27.7 Å². The Morgan fingerprint density at radius 2 is 1.62 bits per heavy atom. The molecular weight excluding hydrogens is 526 g/mol. The maximum absolute atomic E-state index is 14.5. The van der Waals surface area contributed by atoms with Crippen LogP contribution in [0.5, 0.6) is 0 Å². The third-order valence-corrected chi connectivity index (χ3v) is 5.57. The van der Waals surface area contributed by atoms with Crippen molar-refractivity contribution in [3.05, 3.63) is 44.5 Å². The van der Waals surface area contributed by atoms with Crippen LogP contribution >= 0.6 is 7.60 Å². The standard InChI is InChI=1S/C20H28FN2O13P/c1-11(2)34-19(26)29-8-32-37(28,33-9-30-20(27)35-12(3)4)10-31-15-6-14(21)17(36-15)23-7-13(5)16(24)22-18(23)25/h6-7,11-12,15,17H,8-10H2,1-5H3,(H,22,24,25)/t15-,17+/m0/s1. The molecule has 15 nitrogen and oxygen atoms in total. The molecule has 37 heavy (non-hydrogen) atoms. The average Bonchev–Trinajstić information content (AvgIpc) is 3.14. The van der Waals surface area contributed by atoms with Gasteiger partial charge in [0.1, 0.15) is 0 Å². The Hall–Kier alpha value is -3.04. The van der Waals surface area contributed by atoms with Crippen LogP contribution in [0.1, 0.15) is 39.5 Å². The highest BCUT2D eigenvalue weighted by molar-refractivity contribution is 7.53. The Bertz CT molecular complexity index is 1110.